The molecule has 7 heteroatoms. The number of hydrogen-bond donors (Lipinski definition) is 2. The lowest BCUT2D eigenvalue weighted by molar-refractivity contribution is -0.127. The molecule has 1 aliphatic rings. The van der Waals surface area contributed by atoms with Crippen molar-refractivity contribution in [3.63, 3.8) is 0 Å². The molecule has 1 aromatic carbocycles. The Hall–Kier alpha value is -2.54. The van der Waals surface area contributed by atoms with Crippen molar-refractivity contribution in [3.05, 3.63) is 47.0 Å². The summed E-state index contributed by atoms with van der Waals surface area (Å²) in [7, 11) is 0. The molecule has 3 rings (SSSR count). The van der Waals surface area contributed by atoms with E-state index < -0.39 is 17.7 Å². The van der Waals surface area contributed by atoms with Crippen LogP contribution in [0, 0.1) is 5.92 Å². The molecule has 1 heterocycles. The zero-order chi connectivity index (χ0) is 17.8. The molecular formula is C18H19N3O3S. The van der Waals surface area contributed by atoms with Crippen LogP contribution >= 0.6 is 11.3 Å². The number of anilines is 1. The number of nitrogens with zero attached hydrogens (tertiary/aromatic N) is 1. The van der Waals surface area contributed by atoms with E-state index in [1.165, 1.54) is 11.3 Å². The van der Waals surface area contributed by atoms with E-state index in [9.17, 15) is 14.4 Å². The van der Waals surface area contributed by atoms with Crippen LogP contribution in [0.1, 0.15) is 47.5 Å². The fraction of sp³-hybridized carbons (Fsp3) is 0.333. The first-order valence-electron chi connectivity index (χ1n) is 8.20. The maximum Gasteiger partial charge on any atom is 0.243 e. The molecule has 0 saturated heterocycles. The van der Waals surface area contributed by atoms with Crippen LogP contribution in [0.15, 0.2) is 35.8 Å². The topological polar surface area (TPSA) is 102 Å². The number of aromatic nitrogens is 1. The molecule has 130 valence electrons. The summed E-state index contributed by atoms with van der Waals surface area (Å²) in [5.74, 6) is -2.65. The second-order valence-corrected chi connectivity index (χ2v) is 6.99. The number of amides is 2. The van der Waals surface area contributed by atoms with Gasteiger partial charge in [0.05, 0.1) is 0 Å². The Kier molecular flexibility index (Phi) is 5.23. The highest BCUT2D eigenvalue weighted by atomic mass is 32.1. The number of carbonyl (C=O) groups is 3. The summed E-state index contributed by atoms with van der Waals surface area (Å²) in [5, 5.41) is 4.69. The molecule has 3 N–H and O–H groups in total. The molecule has 25 heavy (non-hydrogen) atoms. The summed E-state index contributed by atoms with van der Waals surface area (Å²) in [6.45, 7) is 0. The lowest BCUT2D eigenvalue weighted by atomic mass is 9.86. The van der Waals surface area contributed by atoms with E-state index in [2.05, 4.69) is 10.3 Å². The lowest BCUT2D eigenvalue weighted by Crippen LogP contribution is -2.34. The third kappa shape index (κ3) is 3.76. The number of primary amides is 1. The quantitative estimate of drug-likeness (QED) is 0.613. The van der Waals surface area contributed by atoms with Crippen molar-refractivity contribution < 1.29 is 14.4 Å². The minimum Gasteiger partial charge on any atom is -0.369 e. The average Bonchev–Trinajstić information content (AvgIpc) is 3.28. The van der Waals surface area contributed by atoms with Crippen LogP contribution < -0.4 is 11.1 Å². The summed E-state index contributed by atoms with van der Waals surface area (Å²) < 4.78 is 0. The first kappa shape index (κ1) is 17.3. The van der Waals surface area contributed by atoms with Crippen molar-refractivity contribution in [2.75, 3.05) is 5.32 Å². The van der Waals surface area contributed by atoms with Crippen molar-refractivity contribution in [3.8, 4) is 0 Å². The Morgan fingerprint density at radius 1 is 1.20 bits per heavy atom. The molecule has 2 aromatic rings. The van der Waals surface area contributed by atoms with E-state index in [0.29, 0.717) is 16.3 Å². The van der Waals surface area contributed by atoms with Crippen molar-refractivity contribution in [2.24, 2.45) is 11.7 Å². The molecule has 1 aliphatic carbocycles. The number of nitrogens with one attached hydrogen (secondary N) is 1. The number of ketones is 1. The summed E-state index contributed by atoms with van der Waals surface area (Å²) in [4.78, 5) is 41.4. The van der Waals surface area contributed by atoms with Crippen LogP contribution in [0.25, 0.3) is 0 Å². The molecule has 0 aliphatic heterocycles. The molecule has 1 fully saturated rings. The largest absolute Gasteiger partial charge is 0.369 e. The van der Waals surface area contributed by atoms with Gasteiger partial charge in [-0.1, -0.05) is 37.1 Å². The van der Waals surface area contributed by atoms with Gasteiger partial charge in [-0.15, -0.1) is 11.3 Å². The second kappa shape index (κ2) is 7.57. The van der Waals surface area contributed by atoms with E-state index in [4.69, 9.17) is 5.73 Å². The smallest absolute Gasteiger partial charge is 0.243 e. The fourth-order valence-electron chi connectivity index (χ4n) is 3.27. The molecule has 1 unspecified atom stereocenters. The van der Waals surface area contributed by atoms with Gasteiger partial charge in [-0.2, -0.15) is 0 Å². The SMILES string of the molecule is NC(=O)C(C(=O)Nc1nccs1)c1ccccc1C(=O)C1CCCC1. The standard InChI is InChI=1S/C18H19N3O3S/c19-16(23)14(17(24)21-18-20-9-10-25-18)12-7-3-4-8-13(12)15(22)11-5-1-2-6-11/h3-4,7-11,14H,1-2,5-6H2,(H2,19,23)(H,20,21,24). The predicted molar refractivity (Wildman–Crippen MR) is 95.4 cm³/mol. The predicted octanol–water partition coefficient (Wildman–Crippen LogP) is 2.72. The Balaban J connectivity index is 1.92. The highest BCUT2D eigenvalue weighted by Crippen LogP contribution is 2.31. The highest BCUT2D eigenvalue weighted by molar-refractivity contribution is 7.13. The Morgan fingerprint density at radius 3 is 2.56 bits per heavy atom. The second-order valence-electron chi connectivity index (χ2n) is 6.09. The third-order valence-electron chi connectivity index (χ3n) is 4.47. The Morgan fingerprint density at radius 2 is 1.92 bits per heavy atom. The first-order chi connectivity index (χ1) is 12.1. The van der Waals surface area contributed by atoms with Crippen LogP contribution in [-0.4, -0.2) is 22.6 Å². The molecule has 0 bridgehead atoms. The number of carbonyl (C=O) groups excluding carboxylic acids is 3. The average molecular weight is 357 g/mol. The van der Waals surface area contributed by atoms with Crippen LogP contribution in [0.3, 0.4) is 0 Å². The van der Waals surface area contributed by atoms with Crippen molar-refractivity contribution in [1.82, 2.24) is 4.98 Å². The van der Waals surface area contributed by atoms with Gasteiger partial charge in [-0.3, -0.25) is 14.4 Å². The Bertz CT molecular complexity index is 783. The molecular weight excluding hydrogens is 338 g/mol. The summed E-state index contributed by atoms with van der Waals surface area (Å²) in [5.41, 5.74) is 6.26. The van der Waals surface area contributed by atoms with Gasteiger partial charge in [-0.05, 0) is 18.4 Å². The monoisotopic (exact) mass is 357 g/mol. The number of rotatable bonds is 6. The van der Waals surface area contributed by atoms with Gasteiger partial charge < -0.3 is 11.1 Å². The molecule has 1 saturated carbocycles. The highest BCUT2D eigenvalue weighted by Gasteiger charge is 2.33. The lowest BCUT2D eigenvalue weighted by Gasteiger charge is -2.18. The van der Waals surface area contributed by atoms with Crippen molar-refractivity contribution in [2.45, 2.75) is 31.6 Å². The maximum absolute atomic E-state index is 12.8. The van der Waals surface area contributed by atoms with Crippen LogP contribution in [0.5, 0.6) is 0 Å². The van der Waals surface area contributed by atoms with Crippen LogP contribution in [0.4, 0.5) is 5.13 Å². The number of Topliss-reactive ketones (excluding diaryl/α,β-unsaturated/α-hetero) is 1. The zero-order valence-electron chi connectivity index (χ0n) is 13.6. The van der Waals surface area contributed by atoms with E-state index in [1.54, 1.807) is 35.8 Å². The minimum atomic E-state index is -1.23. The van der Waals surface area contributed by atoms with E-state index in [1.807, 2.05) is 0 Å². The number of thiazole rings is 1. The van der Waals surface area contributed by atoms with Crippen molar-refractivity contribution >= 4 is 34.1 Å². The molecule has 0 spiro atoms. The molecule has 2 amide bonds. The molecule has 1 atom stereocenters. The maximum atomic E-state index is 12.8. The number of hydrogen-bond acceptors (Lipinski definition) is 5. The van der Waals surface area contributed by atoms with Crippen molar-refractivity contribution in [1.29, 1.82) is 0 Å². The van der Waals surface area contributed by atoms with Crippen LogP contribution in [0.2, 0.25) is 0 Å². The molecule has 0 radical (unpaired) electrons. The van der Waals surface area contributed by atoms with Gasteiger partial charge in [0, 0.05) is 23.1 Å². The zero-order valence-corrected chi connectivity index (χ0v) is 14.4. The first-order valence-corrected chi connectivity index (χ1v) is 9.08. The normalized spacial score (nSPS) is 15.7. The molecule has 1 aromatic heterocycles. The van der Waals surface area contributed by atoms with E-state index >= 15 is 0 Å². The van der Waals surface area contributed by atoms with E-state index in [-0.39, 0.29) is 11.7 Å². The number of nitrogens with two attached hydrogens (primary N) is 1. The van der Waals surface area contributed by atoms with Gasteiger partial charge >= 0.3 is 0 Å². The van der Waals surface area contributed by atoms with Gasteiger partial charge in [-0.25, -0.2) is 4.98 Å². The van der Waals surface area contributed by atoms with Gasteiger partial charge in [0.25, 0.3) is 0 Å². The Labute approximate surface area is 149 Å². The van der Waals surface area contributed by atoms with Crippen LogP contribution in [-0.2, 0) is 9.59 Å². The van der Waals surface area contributed by atoms with Gasteiger partial charge in [0.1, 0.15) is 5.92 Å². The summed E-state index contributed by atoms with van der Waals surface area (Å²) in [6, 6.07) is 6.73. The fourth-order valence-corrected chi connectivity index (χ4v) is 3.80. The van der Waals surface area contributed by atoms with E-state index in [0.717, 1.165) is 25.7 Å². The van der Waals surface area contributed by atoms with Gasteiger partial charge in [0.15, 0.2) is 10.9 Å². The van der Waals surface area contributed by atoms with Gasteiger partial charge in [0.2, 0.25) is 11.8 Å². The minimum absolute atomic E-state index is 0.0126. The summed E-state index contributed by atoms with van der Waals surface area (Å²) >= 11 is 1.24. The third-order valence-corrected chi connectivity index (χ3v) is 5.16. The molecule has 6 nitrogen and oxygen atoms in total. The summed E-state index contributed by atoms with van der Waals surface area (Å²) in [6.07, 6.45) is 5.31. The number of benzene rings is 1.